The standard InChI is InChI=1S/C14H20ClFN2/c15-12-8-10(6-7-13(12)16)9-14(18-17)11-4-2-1-3-5-11/h6-8,11,14,18H,1-5,9,17H2. The summed E-state index contributed by atoms with van der Waals surface area (Å²) in [5, 5.41) is 0.187. The number of rotatable bonds is 4. The van der Waals surface area contributed by atoms with E-state index in [4.69, 9.17) is 17.4 Å². The lowest BCUT2D eigenvalue weighted by Gasteiger charge is -2.29. The van der Waals surface area contributed by atoms with Gasteiger partial charge in [-0.3, -0.25) is 11.3 Å². The van der Waals surface area contributed by atoms with Gasteiger partial charge in [0.15, 0.2) is 0 Å². The van der Waals surface area contributed by atoms with Crippen molar-refractivity contribution in [3.63, 3.8) is 0 Å². The van der Waals surface area contributed by atoms with Crippen molar-refractivity contribution >= 4 is 11.6 Å². The number of hydrogen-bond donors (Lipinski definition) is 2. The Bertz CT molecular complexity index is 391. The average molecular weight is 271 g/mol. The highest BCUT2D eigenvalue weighted by molar-refractivity contribution is 6.30. The Morgan fingerprint density at radius 1 is 1.33 bits per heavy atom. The van der Waals surface area contributed by atoms with Gasteiger partial charge in [0.1, 0.15) is 5.82 Å². The normalized spacial score (nSPS) is 18.8. The van der Waals surface area contributed by atoms with Crippen molar-refractivity contribution < 1.29 is 4.39 Å². The van der Waals surface area contributed by atoms with Gasteiger partial charge in [0.25, 0.3) is 0 Å². The van der Waals surface area contributed by atoms with E-state index in [1.54, 1.807) is 12.1 Å². The van der Waals surface area contributed by atoms with E-state index in [-0.39, 0.29) is 16.9 Å². The van der Waals surface area contributed by atoms with Crippen molar-refractivity contribution in [2.75, 3.05) is 0 Å². The second kappa shape index (κ2) is 6.50. The minimum atomic E-state index is -0.365. The van der Waals surface area contributed by atoms with Crippen LogP contribution in [0.1, 0.15) is 37.7 Å². The molecule has 1 fully saturated rings. The number of halogens is 2. The molecule has 1 aliphatic carbocycles. The van der Waals surface area contributed by atoms with Crippen molar-refractivity contribution in [3.05, 3.63) is 34.6 Å². The molecule has 4 heteroatoms. The number of benzene rings is 1. The van der Waals surface area contributed by atoms with Gasteiger partial charge >= 0.3 is 0 Å². The van der Waals surface area contributed by atoms with E-state index in [0.29, 0.717) is 5.92 Å². The van der Waals surface area contributed by atoms with Gasteiger partial charge in [-0.2, -0.15) is 0 Å². The Balaban J connectivity index is 2.02. The van der Waals surface area contributed by atoms with E-state index in [1.807, 2.05) is 0 Å². The molecular weight excluding hydrogens is 251 g/mol. The molecule has 1 atom stereocenters. The summed E-state index contributed by atoms with van der Waals surface area (Å²) in [5.74, 6) is 5.92. The Labute approximate surface area is 113 Å². The molecule has 0 heterocycles. The second-order valence-electron chi connectivity index (χ2n) is 5.12. The van der Waals surface area contributed by atoms with Gasteiger partial charge in [0.05, 0.1) is 5.02 Å². The van der Waals surface area contributed by atoms with E-state index >= 15 is 0 Å². The first-order chi connectivity index (χ1) is 8.70. The summed E-state index contributed by atoms with van der Waals surface area (Å²) in [7, 11) is 0. The van der Waals surface area contributed by atoms with Crippen LogP contribution in [0.3, 0.4) is 0 Å². The first-order valence-corrected chi connectivity index (χ1v) is 6.98. The Morgan fingerprint density at radius 3 is 2.67 bits per heavy atom. The van der Waals surface area contributed by atoms with Gasteiger partial charge in [0, 0.05) is 6.04 Å². The van der Waals surface area contributed by atoms with E-state index in [2.05, 4.69) is 5.43 Å². The lowest BCUT2D eigenvalue weighted by Crippen LogP contribution is -2.43. The second-order valence-corrected chi connectivity index (χ2v) is 5.53. The van der Waals surface area contributed by atoms with Gasteiger partial charge in [-0.25, -0.2) is 4.39 Å². The highest BCUT2D eigenvalue weighted by atomic mass is 35.5. The highest BCUT2D eigenvalue weighted by Gasteiger charge is 2.23. The number of nitrogens with one attached hydrogen (secondary N) is 1. The molecule has 1 aliphatic rings. The van der Waals surface area contributed by atoms with Crippen LogP contribution in [-0.4, -0.2) is 6.04 Å². The molecule has 1 aromatic carbocycles. The van der Waals surface area contributed by atoms with Crippen LogP contribution in [-0.2, 0) is 6.42 Å². The Morgan fingerprint density at radius 2 is 2.06 bits per heavy atom. The monoisotopic (exact) mass is 270 g/mol. The van der Waals surface area contributed by atoms with Gasteiger partial charge in [-0.05, 0) is 42.9 Å². The van der Waals surface area contributed by atoms with Crippen LogP contribution in [0.5, 0.6) is 0 Å². The maximum Gasteiger partial charge on any atom is 0.141 e. The number of nitrogens with two attached hydrogens (primary N) is 1. The molecule has 2 rings (SSSR count). The first kappa shape index (κ1) is 13.8. The van der Waals surface area contributed by atoms with Crippen LogP contribution in [0.25, 0.3) is 0 Å². The van der Waals surface area contributed by atoms with Gasteiger partial charge < -0.3 is 0 Å². The minimum absolute atomic E-state index is 0.187. The maximum absolute atomic E-state index is 13.1. The molecule has 0 amide bonds. The third-order valence-corrected chi connectivity index (χ3v) is 4.16. The van der Waals surface area contributed by atoms with Crippen molar-refractivity contribution in [2.45, 2.75) is 44.6 Å². The fourth-order valence-electron chi connectivity index (χ4n) is 2.82. The summed E-state index contributed by atoms with van der Waals surface area (Å²) >= 11 is 5.80. The van der Waals surface area contributed by atoms with Crippen LogP contribution in [0, 0.1) is 11.7 Å². The van der Waals surface area contributed by atoms with Crippen LogP contribution in [0.4, 0.5) is 4.39 Å². The first-order valence-electron chi connectivity index (χ1n) is 6.60. The molecule has 18 heavy (non-hydrogen) atoms. The molecule has 0 spiro atoms. The van der Waals surface area contributed by atoms with E-state index in [9.17, 15) is 4.39 Å². The van der Waals surface area contributed by atoms with Gasteiger partial charge in [0.2, 0.25) is 0 Å². The lowest BCUT2D eigenvalue weighted by atomic mass is 9.82. The average Bonchev–Trinajstić information content (AvgIpc) is 2.41. The van der Waals surface area contributed by atoms with E-state index in [1.165, 1.54) is 38.2 Å². The predicted molar refractivity (Wildman–Crippen MR) is 72.8 cm³/mol. The molecule has 100 valence electrons. The highest BCUT2D eigenvalue weighted by Crippen LogP contribution is 2.28. The van der Waals surface area contributed by atoms with Crippen LogP contribution in [0.2, 0.25) is 5.02 Å². The van der Waals surface area contributed by atoms with Crippen LogP contribution < -0.4 is 11.3 Å². The summed E-state index contributed by atoms with van der Waals surface area (Å²) < 4.78 is 13.1. The van der Waals surface area contributed by atoms with Crippen molar-refractivity contribution in [2.24, 2.45) is 11.8 Å². The lowest BCUT2D eigenvalue weighted by molar-refractivity contribution is 0.268. The molecule has 1 aromatic rings. The molecular formula is C14H20ClFN2. The molecule has 2 nitrogen and oxygen atoms in total. The number of hydrogen-bond acceptors (Lipinski definition) is 2. The molecule has 3 N–H and O–H groups in total. The van der Waals surface area contributed by atoms with Gasteiger partial charge in [-0.1, -0.05) is 36.9 Å². The molecule has 0 radical (unpaired) electrons. The van der Waals surface area contributed by atoms with Crippen molar-refractivity contribution in [1.82, 2.24) is 5.43 Å². The minimum Gasteiger partial charge on any atom is -0.271 e. The summed E-state index contributed by atoms with van der Waals surface area (Å²) in [4.78, 5) is 0. The summed E-state index contributed by atoms with van der Waals surface area (Å²) in [5.41, 5.74) is 3.95. The Hall–Kier alpha value is -0.640. The SMILES string of the molecule is NNC(Cc1ccc(F)c(Cl)c1)C1CCCCC1. The fraction of sp³-hybridized carbons (Fsp3) is 0.571. The van der Waals surface area contributed by atoms with Crippen LogP contribution >= 0.6 is 11.6 Å². The zero-order valence-corrected chi connectivity index (χ0v) is 11.2. The zero-order chi connectivity index (χ0) is 13.0. The third-order valence-electron chi connectivity index (χ3n) is 3.87. The molecule has 0 bridgehead atoms. The predicted octanol–water partition coefficient (Wildman–Crippen LogP) is 3.43. The summed E-state index contributed by atoms with van der Waals surface area (Å²) in [6, 6.07) is 5.16. The zero-order valence-electron chi connectivity index (χ0n) is 10.5. The van der Waals surface area contributed by atoms with E-state index < -0.39 is 0 Å². The van der Waals surface area contributed by atoms with Crippen molar-refractivity contribution in [1.29, 1.82) is 0 Å². The van der Waals surface area contributed by atoms with E-state index in [0.717, 1.165) is 12.0 Å². The largest absolute Gasteiger partial charge is 0.271 e. The molecule has 0 saturated heterocycles. The third kappa shape index (κ3) is 3.44. The van der Waals surface area contributed by atoms with Crippen molar-refractivity contribution in [3.8, 4) is 0 Å². The molecule has 0 aliphatic heterocycles. The molecule has 1 saturated carbocycles. The summed E-state index contributed by atoms with van der Waals surface area (Å²) in [6.07, 6.45) is 7.16. The summed E-state index contributed by atoms with van der Waals surface area (Å²) in [6.45, 7) is 0. The van der Waals surface area contributed by atoms with Gasteiger partial charge in [-0.15, -0.1) is 0 Å². The number of hydrazine groups is 1. The van der Waals surface area contributed by atoms with Crippen LogP contribution in [0.15, 0.2) is 18.2 Å². The smallest absolute Gasteiger partial charge is 0.141 e. The quantitative estimate of drug-likeness (QED) is 0.650. The maximum atomic E-state index is 13.1. The fourth-order valence-corrected chi connectivity index (χ4v) is 3.02. The molecule has 0 aromatic heterocycles. The topological polar surface area (TPSA) is 38.0 Å². The Kier molecular flexibility index (Phi) is 4.98. The molecule has 1 unspecified atom stereocenters.